The third-order valence-electron chi connectivity index (χ3n) is 3.85. The van der Waals surface area contributed by atoms with E-state index in [2.05, 4.69) is 10.6 Å². The summed E-state index contributed by atoms with van der Waals surface area (Å²) >= 11 is 0. The van der Waals surface area contributed by atoms with Gasteiger partial charge in [-0.3, -0.25) is 0 Å². The summed E-state index contributed by atoms with van der Waals surface area (Å²) in [5.41, 5.74) is 2.03. The van der Waals surface area contributed by atoms with Gasteiger partial charge in [-0.1, -0.05) is 12.1 Å². The lowest BCUT2D eigenvalue weighted by atomic mass is 10.2. The quantitative estimate of drug-likeness (QED) is 0.495. The second kappa shape index (κ2) is 9.76. The molecule has 6 heteroatoms. The minimum atomic E-state index is 0.159. The molecule has 0 unspecified atom stereocenters. The fourth-order valence-electron chi connectivity index (χ4n) is 2.49. The lowest BCUT2D eigenvalue weighted by molar-refractivity contribution is 0.373. The van der Waals surface area contributed by atoms with Crippen molar-refractivity contribution in [3.8, 4) is 23.0 Å². The average molecular weight is 346 g/mol. The highest BCUT2D eigenvalue weighted by Gasteiger charge is 2.03. The molecule has 0 amide bonds. The van der Waals surface area contributed by atoms with E-state index in [0.29, 0.717) is 24.6 Å². The summed E-state index contributed by atoms with van der Waals surface area (Å²) in [6.07, 6.45) is 0.976. The fourth-order valence-corrected chi connectivity index (χ4v) is 2.49. The van der Waals surface area contributed by atoms with Crippen LogP contribution in [0.4, 0.5) is 0 Å². The molecule has 0 aliphatic rings. The molecule has 0 radical (unpaired) electrons. The summed E-state index contributed by atoms with van der Waals surface area (Å²) in [6, 6.07) is 10.8. The van der Waals surface area contributed by atoms with Gasteiger partial charge in [-0.15, -0.1) is 0 Å². The van der Waals surface area contributed by atoms with E-state index >= 15 is 0 Å². The smallest absolute Gasteiger partial charge is 0.160 e. The van der Waals surface area contributed by atoms with Crippen LogP contribution in [0, 0.1) is 0 Å². The van der Waals surface area contributed by atoms with E-state index in [9.17, 15) is 10.2 Å². The van der Waals surface area contributed by atoms with Gasteiger partial charge in [0, 0.05) is 13.1 Å². The number of phenolic OH excluding ortho intramolecular Hbond substituents is 2. The molecule has 2 aromatic carbocycles. The first kappa shape index (κ1) is 18.9. The molecule has 0 heterocycles. The van der Waals surface area contributed by atoms with E-state index in [-0.39, 0.29) is 11.5 Å². The molecule has 0 aliphatic heterocycles. The molecule has 0 saturated heterocycles. The molecule has 0 fully saturated rings. The third-order valence-corrected chi connectivity index (χ3v) is 3.85. The molecule has 136 valence electrons. The van der Waals surface area contributed by atoms with Crippen LogP contribution in [0.1, 0.15) is 17.5 Å². The van der Waals surface area contributed by atoms with Gasteiger partial charge in [0.15, 0.2) is 23.0 Å². The number of nitrogens with one attached hydrogen (secondary N) is 2. The molecule has 0 aromatic heterocycles. The van der Waals surface area contributed by atoms with Gasteiger partial charge >= 0.3 is 0 Å². The first-order valence-electron chi connectivity index (χ1n) is 8.27. The van der Waals surface area contributed by atoms with E-state index in [1.807, 2.05) is 12.1 Å². The highest BCUT2D eigenvalue weighted by Crippen LogP contribution is 2.26. The first-order valence-corrected chi connectivity index (χ1v) is 8.27. The number of rotatable bonds is 10. The number of methoxy groups -OCH3 is 2. The van der Waals surface area contributed by atoms with E-state index in [1.165, 1.54) is 14.2 Å². The second-order valence-corrected chi connectivity index (χ2v) is 5.72. The van der Waals surface area contributed by atoms with Crippen LogP contribution < -0.4 is 20.1 Å². The molecule has 2 aromatic rings. The van der Waals surface area contributed by atoms with Crippen molar-refractivity contribution < 1.29 is 19.7 Å². The molecule has 25 heavy (non-hydrogen) atoms. The number of phenols is 2. The number of aromatic hydroxyl groups is 2. The Hall–Kier alpha value is -2.44. The molecule has 0 atom stereocenters. The van der Waals surface area contributed by atoms with Gasteiger partial charge in [-0.2, -0.15) is 0 Å². The molecule has 0 saturated carbocycles. The van der Waals surface area contributed by atoms with Crippen molar-refractivity contribution >= 4 is 0 Å². The van der Waals surface area contributed by atoms with Crippen molar-refractivity contribution in [3.63, 3.8) is 0 Å². The standard InChI is InChI=1S/C19H26N2O4/c1-24-18-6-4-14(10-16(18)22)12-20-8-3-9-21-13-15-5-7-19(25-2)17(23)11-15/h4-7,10-11,20-23H,3,8-9,12-13H2,1-2H3. The van der Waals surface area contributed by atoms with Crippen molar-refractivity contribution in [2.24, 2.45) is 0 Å². The Balaban J connectivity index is 1.60. The van der Waals surface area contributed by atoms with Crippen LogP contribution >= 0.6 is 0 Å². The van der Waals surface area contributed by atoms with Gasteiger partial charge in [0.2, 0.25) is 0 Å². The Morgan fingerprint density at radius 3 is 1.56 bits per heavy atom. The number of ether oxygens (including phenoxy) is 2. The zero-order valence-corrected chi connectivity index (χ0v) is 14.7. The number of benzene rings is 2. The van der Waals surface area contributed by atoms with Crippen molar-refractivity contribution in [1.29, 1.82) is 0 Å². The highest BCUT2D eigenvalue weighted by atomic mass is 16.5. The summed E-state index contributed by atoms with van der Waals surface area (Å²) in [7, 11) is 3.07. The Labute approximate surface area is 148 Å². The monoisotopic (exact) mass is 346 g/mol. The van der Waals surface area contributed by atoms with Crippen molar-refractivity contribution in [1.82, 2.24) is 10.6 Å². The molecule has 0 aliphatic carbocycles. The summed E-state index contributed by atoms with van der Waals surface area (Å²) in [5.74, 6) is 1.28. The van der Waals surface area contributed by atoms with Crippen LogP contribution in [0.2, 0.25) is 0 Å². The maximum absolute atomic E-state index is 9.74. The normalized spacial score (nSPS) is 10.6. The molecule has 2 rings (SSSR count). The summed E-state index contributed by atoms with van der Waals surface area (Å²) in [4.78, 5) is 0. The van der Waals surface area contributed by atoms with E-state index in [4.69, 9.17) is 9.47 Å². The largest absolute Gasteiger partial charge is 0.504 e. The Bertz CT molecular complexity index is 619. The molecule has 6 nitrogen and oxygen atoms in total. The lowest BCUT2D eigenvalue weighted by Gasteiger charge is -2.09. The molecular weight excluding hydrogens is 320 g/mol. The van der Waals surface area contributed by atoms with Crippen LogP contribution in [-0.4, -0.2) is 37.5 Å². The van der Waals surface area contributed by atoms with Crippen LogP contribution in [0.3, 0.4) is 0 Å². The minimum Gasteiger partial charge on any atom is -0.504 e. The van der Waals surface area contributed by atoms with Crippen LogP contribution in [0.5, 0.6) is 23.0 Å². The topological polar surface area (TPSA) is 83.0 Å². The van der Waals surface area contributed by atoms with Gasteiger partial charge in [0.05, 0.1) is 14.2 Å². The van der Waals surface area contributed by atoms with Crippen LogP contribution in [0.15, 0.2) is 36.4 Å². The van der Waals surface area contributed by atoms with Crippen molar-refractivity contribution in [2.45, 2.75) is 19.5 Å². The molecule has 4 N–H and O–H groups in total. The minimum absolute atomic E-state index is 0.159. The number of hydrogen-bond donors (Lipinski definition) is 4. The molecular formula is C19H26N2O4. The van der Waals surface area contributed by atoms with Gasteiger partial charge in [0.1, 0.15) is 0 Å². The summed E-state index contributed by atoms with van der Waals surface area (Å²) in [6.45, 7) is 3.13. The third kappa shape index (κ3) is 5.85. The lowest BCUT2D eigenvalue weighted by Crippen LogP contribution is -2.21. The Kier molecular flexibility index (Phi) is 7.37. The zero-order valence-electron chi connectivity index (χ0n) is 14.7. The van der Waals surface area contributed by atoms with Crippen molar-refractivity contribution in [3.05, 3.63) is 47.5 Å². The van der Waals surface area contributed by atoms with Gasteiger partial charge < -0.3 is 30.3 Å². The van der Waals surface area contributed by atoms with Crippen LogP contribution in [0.25, 0.3) is 0 Å². The summed E-state index contributed by atoms with van der Waals surface area (Å²) < 4.78 is 10.1. The average Bonchev–Trinajstić information content (AvgIpc) is 2.61. The number of hydrogen-bond acceptors (Lipinski definition) is 6. The highest BCUT2D eigenvalue weighted by molar-refractivity contribution is 5.42. The maximum Gasteiger partial charge on any atom is 0.160 e. The van der Waals surface area contributed by atoms with Crippen LogP contribution in [-0.2, 0) is 13.1 Å². The van der Waals surface area contributed by atoms with Gasteiger partial charge in [0.25, 0.3) is 0 Å². The SMILES string of the molecule is COc1ccc(CNCCCNCc2ccc(OC)c(O)c2)cc1O. The zero-order chi connectivity index (χ0) is 18.1. The molecule has 0 bridgehead atoms. The predicted molar refractivity (Wildman–Crippen MR) is 97.3 cm³/mol. The Morgan fingerprint density at radius 2 is 1.20 bits per heavy atom. The first-order chi connectivity index (χ1) is 12.1. The maximum atomic E-state index is 9.74. The van der Waals surface area contributed by atoms with Crippen molar-refractivity contribution in [2.75, 3.05) is 27.3 Å². The van der Waals surface area contributed by atoms with Gasteiger partial charge in [-0.25, -0.2) is 0 Å². The van der Waals surface area contributed by atoms with E-state index in [0.717, 1.165) is 30.6 Å². The Morgan fingerprint density at radius 1 is 0.760 bits per heavy atom. The summed E-state index contributed by atoms with van der Waals surface area (Å²) in [5, 5.41) is 26.2. The fraction of sp³-hybridized carbons (Fsp3) is 0.368. The predicted octanol–water partition coefficient (Wildman–Crippen LogP) is 2.38. The second-order valence-electron chi connectivity index (χ2n) is 5.72. The molecule has 0 spiro atoms. The van der Waals surface area contributed by atoms with Gasteiger partial charge in [-0.05, 0) is 54.9 Å². The van der Waals surface area contributed by atoms with E-state index < -0.39 is 0 Å². The van der Waals surface area contributed by atoms with E-state index in [1.54, 1.807) is 24.3 Å².